The molecule has 0 spiro atoms. The van der Waals surface area contributed by atoms with E-state index in [0.29, 0.717) is 12.0 Å². The predicted molar refractivity (Wildman–Crippen MR) is 117 cm³/mol. The Morgan fingerprint density at radius 3 is 2.64 bits per heavy atom. The van der Waals surface area contributed by atoms with Crippen molar-refractivity contribution >= 4 is 5.96 Å². The van der Waals surface area contributed by atoms with E-state index in [-0.39, 0.29) is 0 Å². The molecule has 1 aromatic carbocycles. The molecule has 0 aliphatic heterocycles. The average molecular weight is 385 g/mol. The molecule has 6 heteroatoms. The molecule has 2 unspecified atom stereocenters. The summed E-state index contributed by atoms with van der Waals surface area (Å²) in [5.41, 5.74) is 1.35. The van der Waals surface area contributed by atoms with Crippen LogP contribution < -0.4 is 10.6 Å². The van der Waals surface area contributed by atoms with Crippen LogP contribution >= 0.6 is 0 Å². The van der Waals surface area contributed by atoms with Crippen molar-refractivity contribution in [3.05, 3.63) is 54.4 Å². The number of guanidine groups is 1. The maximum atomic E-state index is 4.74. The van der Waals surface area contributed by atoms with Gasteiger partial charge in [0.05, 0.1) is 0 Å². The zero-order chi connectivity index (χ0) is 20.2. The van der Waals surface area contributed by atoms with Crippen molar-refractivity contribution < 1.29 is 0 Å². The molecule has 0 amide bonds. The molecule has 6 nitrogen and oxygen atoms in total. The average Bonchev–Trinajstić information content (AvgIpc) is 3.19. The zero-order valence-corrected chi connectivity index (χ0v) is 17.8. The topological polar surface area (TPSA) is 57.5 Å². The second kappa shape index (κ2) is 12.2. The molecule has 1 aromatic heterocycles. The van der Waals surface area contributed by atoms with Crippen LogP contribution in [0.4, 0.5) is 0 Å². The third-order valence-corrected chi connectivity index (χ3v) is 4.85. The number of nitrogens with one attached hydrogen (secondary N) is 2. The molecule has 0 bridgehead atoms. The Labute approximate surface area is 170 Å². The lowest BCUT2D eigenvalue weighted by Gasteiger charge is -2.25. The van der Waals surface area contributed by atoms with E-state index in [1.54, 1.807) is 0 Å². The SMILES string of the molecule is CCNC(=NCC(C)Cn1cccn1)NCCC(C)N(C)Cc1ccccc1. The molecule has 154 valence electrons. The van der Waals surface area contributed by atoms with Gasteiger partial charge in [-0.15, -0.1) is 0 Å². The van der Waals surface area contributed by atoms with Gasteiger partial charge in [-0.3, -0.25) is 14.6 Å². The van der Waals surface area contributed by atoms with Crippen molar-refractivity contribution in [1.29, 1.82) is 0 Å². The standard InChI is InChI=1S/C22H36N6/c1-5-23-22(25-16-19(2)17-28-15-9-13-26-28)24-14-12-20(3)27(4)18-21-10-7-6-8-11-21/h6-11,13,15,19-20H,5,12,14,16-18H2,1-4H3,(H2,23,24,25). The monoisotopic (exact) mass is 384 g/mol. The van der Waals surface area contributed by atoms with Gasteiger partial charge < -0.3 is 10.6 Å². The summed E-state index contributed by atoms with van der Waals surface area (Å²) in [6.45, 7) is 11.0. The van der Waals surface area contributed by atoms with Crippen molar-refractivity contribution in [1.82, 2.24) is 25.3 Å². The number of hydrogen-bond acceptors (Lipinski definition) is 3. The molecule has 0 aliphatic carbocycles. The van der Waals surface area contributed by atoms with Crippen LogP contribution in [0.15, 0.2) is 53.8 Å². The minimum absolute atomic E-state index is 0.436. The molecular formula is C22H36N6. The quantitative estimate of drug-likeness (QED) is 0.462. The maximum absolute atomic E-state index is 4.74. The zero-order valence-electron chi connectivity index (χ0n) is 17.8. The van der Waals surface area contributed by atoms with Gasteiger partial charge in [0.25, 0.3) is 0 Å². The maximum Gasteiger partial charge on any atom is 0.191 e. The summed E-state index contributed by atoms with van der Waals surface area (Å²) >= 11 is 0. The van der Waals surface area contributed by atoms with Gasteiger partial charge in [-0.1, -0.05) is 37.3 Å². The van der Waals surface area contributed by atoms with Crippen molar-refractivity contribution in [3.63, 3.8) is 0 Å². The van der Waals surface area contributed by atoms with Crippen LogP contribution in [0, 0.1) is 5.92 Å². The molecule has 2 rings (SSSR count). The van der Waals surface area contributed by atoms with Crippen LogP contribution in [0.25, 0.3) is 0 Å². The lowest BCUT2D eigenvalue weighted by atomic mass is 10.1. The highest BCUT2D eigenvalue weighted by Gasteiger charge is 2.10. The summed E-state index contributed by atoms with van der Waals surface area (Å²) < 4.78 is 1.96. The lowest BCUT2D eigenvalue weighted by Crippen LogP contribution is -2.40. The van der Waals surface area contributed by atoms with E-state index in [4.69, 9.17) is 4.99 Å². The highest BCUT2D eigenvalue weighted by Crippen LogP contribution is 2.08. The Hall–Kier alpha value is -2.34. The van der Waals surface area contributed by atoms with Crippen LogP contribution in [0.1, 0.15) is 32.8 Å². The molecule has 0 fully saturated rings. The summed E-state index contributed by atoms with van der Waals surface area (Å²) in [6.07, 6.45) is 4.88. The van der Waals surface area contributed by atoms with Gasteiger partial charge in [0, 0.05) is 51.2 Å². The minimum atomic E-state index is 0.436. The Balaban J connectivity index is 1.73. The van der Waals surface area contributed by atoms with E-state index in [1.165, 1.54) is 5.56 Å². The fraction of sp³-hybridized carbons (Fsp3) is 0.545. The third-order valence-electron chi connectivity index (χ3n) is 4.85. The second-order valence-electron chi connectivity index (χ2n) is 7.52. The summed E-state index contributed by atoms with van der Waals surface area (Å²) in [5.74, 6) is 1.33. The van der Waals surface area contributed by atoms with Gasteiger partial charge in [-0.2, -0.15) is 5.10 Å². The Morgan fingerprint density at radius 2 is 1.96 bits per heavy atom. The molecule has 28 heavy (non-hydrogen) atoms. The van der Waals surface area contributed by atoms with E-state index < -0.39 is 0 Å². The van der Waals surface area contributed by atoms with Crippen molar-refractivity contribution in [2.24, 2.45) is 10.9 Å². The molecule has 0 saturated carbocycles. The van der Waals surface area contributed by atoms with Gasteiger partial charge in [0.1, 0.15) is 0 Å². The van der Waals surface area contributed by atoms with Crippen LogP contribution in [-0.2, 0) is 13.1 Å². The molecule has 2 aromatic rings. The predicted octanol–water partition coefficient (Wildman–Crippen LogP) is 2.98. The molecule has 0 saturated heterocycles. The van der Waals surface area contributed by atoms with Crippen molar-refractivity contribution in [3.8, 4) is 0 Å². The largest absolute Gasteiger partial charge is 0.357 e. The first kappa shape index (κ1) is 22.0. The highest BCUT2D eigenvalue weighted by molar-refractivity contribution is 5.79. The Kier molecular flexibility index (Phi) is 9.55. The first-order valence-electron chi connectivity index (χ1n) is 10.3. The van der Waals surface area contributed by atoms with Crippen LogP contribution in [-0.4, -0.2) is 53.4 Å². The third kappa shape index (κ3) is 8.13. The summed E-state index contributed by atoms with van der Waals surface area (Å²) in [7, 11) is 2.19. The van der Waals surface area contributed by atoms with Crippen molar-refractivity contribution in [2.75, 3.05) is 26.7 Å². The Morgan fingerprint density at radius 1 is 1.18 bits per heavy atom. The van der Waals surface area contributed by atoms with E-state index in [9.17, 15) is 0 Å². The van der Waals surface area contributed by atoms with Gasteiger partial charge in [0.15, 0.2) is 5.96 Å². The van der Waals surface area contributed by atoms with E-state index in [1.807, 2.05) is 23.1 Å². The lowest BCUT2D eigenvalue weighted by molar-refractivity contribution is 0.238. The van der Waals surface area contributed by atoms with Gasteiger partial charge >= 0.3 is 0 Å². The fourth-order valence-corrected chi connectivity index (χ4v) is 3.02. The highest BCUT2D eigenvalue weighted by atomic mass is 15.3. The smallest absolute Gasteiger partial charge is 0.191 e. The first-order chi connectivity index (χ1) is 13.6. The molecule has 0 aliphatic rings. The summed E-state index contributed by atoms with van der Waals surface area (Å²) in [5, 5.41) is 11.1. The number of benzene rings is 1. The van der Waals surface area contributed by atoms with Crippen LogP contribution in [0.5, 0.6) is 0 Å². The van der Waals surface area contributed by atoms with Gasteiger partial charge in [-0.05, 0) is 44.9 Å². The molecule has 0 radical (unpaired) electrons. The number of rotatable bonds is 11. The molecule has 2 atom stereocenters. The van der Waals surface area contributed by atoms with E-state index >= 15 is 0 Å². The van der Waals surface area contributed by atoms with Gasteiger partial charge in [0.2, 0.25) is 0 Å². The number of hydrogen-bond donors (Lipinski definition) is 2. The van der Waals surface area contributed by atoms with E-state index in [2.05, 4.69) is 78.8 Å². The Bertz CT molecular complexity index is 668. The minimum Gasteiger partial charge on any atom is -0.357 e. The molecule has 1 heterocycles. The summed E-state index contributed by atoms with van der Waals surface area (Å²) in [6, 6.07) is 13.1. The summed E-state index contributed by atoms with van der Waals surface area (Å²) in [4.78, 5) is 7.14. The van der Waals surface area contributed by atoms with Crippen molar-refractivity contribution in [2.45, 2.75) is 46.3 Å². The fourth-order valence-electron chi connectivity index (χ4n) is 3.02. The van der Waals surface area contributed by atoms with Crippen LogP contribution in [0.2, 0.25) is 0 Å². The normalized spacial score (nSPS) is 14.1. The number of nitrogens with zero attached hydrogens (tertiary/aromatic N) is 4. The number of aliphatic imine (C=N–C) groups is 1. The first-order valence-corrected chi connectivity index (χ1v) is 10.3. The van der Waals surface area contributed by atoms with Gasteiger partial charge in [-0.25, -0.2) is 0 Å². The second-order valence-corrected chi connectivity index (χ2v) is 7.52. The number of aromatic nitrogens is 2. The molecular weight excluding hydrogens is 348 g/mol. The van der Waals surface area contributed by atoms with Crippen LogP contribution in [0.3, 0.4) is 0 Å². The molecule has 2 N–H and O–H groups in total. The van der Waals surface area contributed by atoms with E-state index in [0.717, 1.165) is 45.1 Å².